The van der Waals surface area contributed by atoms with E-state index in [4.69, 9.17) is 4.42 Å². The summed E-state index contributed by atoms with van der Waals surface area (Å²) in [7, 11) is 0. The SMILES string of the molecule is Cc1ccc2oc(C(=O)NCC3CCCC3CBr)cc2c1. The highest BCUT2D eigenvalue weighted by Gasteiger charge is 2.26. The van der Waals surface area contributed by atoms with E-state index in [9.17, 15) is 4.79 Å². The highest BCUT2D eigenvalue weighted by molar-refractivity contribution is 9.09. The number of amides is 1. The second kappa shape index (κ2) is 6.22. The van der Waals surface area contributed by atoms with Gasteiger partial charge in [-0.1, -0.05) is 34.0 Å². The van der Waals surface area contributed by atoms with Gasteiger partial charge in [-0.15, -0.1) is 0 Å². The van der Waals surface area contributed by atoms with E-state index in [-0.39, 0.29) is 5.91 Å². The van der Waals surface area contributed by atoms with Crippen LogP contribution >= 0.6 is 15.9 Å². The van der Waals surface area contributed by atoms with Gasteiger partial charge >= 0.3 is 0 Å². The number of nitrogens with one attached hydrogen (secondary N) is 1. The number of aryl methyl sites for hydroxylation is 1. The number of carbonyl (C=O) groups excluding carboxylic acids is 1. The van der Waals surface area contributed by atoms with Gasteiger partial charge in [0.2, 0.25) is 0 Å². The summed E-state index contributed by atoms with van der Waals surface area (Å²) in [5.74, 6) is 1.57. The standard InChI is InChI=1S/C17H20BrNO2/c1-11-5-6-15-14(7-11)8-16(21-15)17(20)19-10-13-4-2-3-12(13)9-18/h5-8,12-13H,2-4,9-10H2,1H3,(H,19,20). The van der Waals surface area contributed by atoms with Crippen molar-refractivity contribution >= 4 is 32.8 Å². The normalized spacial score (nSPS) is 21.8. The maximum atomic E-state index is 12.2. The minimum absolute atomic E-state index is 0.107. The summed E-state index contributed by atoms with van der Waals surface area (Å²) in [6.07, 6.45) is 3.73. The van der Waals surface area contributed by atoms with Gasteiger partial charge in [-0.3, -0.25) is 4.79 Å². The molecule has 1 N–H and O–H groups in total. The van der Waals surface area contributed by atoms with Crippen molar-refractivity contribution in [3.05, 3.63) is 35.6 Å². The molecule has 1 aliphatic carbocycles. The zero-order valence-electron chi connectivity index (χ0n) is 12.2. The number of hydrogen-bond acceptors (Lipinski definition) is 2. The lowest BCUT2D eigenvalue weighted by molar-refractivity contribution is 0.0919. The Hall–Kier alpha value is -1.29. The second-order valence-electron chi connectivity index (χ2n) is 5.97. The van der Waals surface area contributed by atoms with Gasteiger partial charge in [0.05, 0.1) is 0 Å². The van der Waals surface area contributed by atoms with Crippen molar-refractivity contribution in [2.75, 3.05) is 11.9 Å². The van der Waals surface area contributed by atoms with Crippen LogP contribution in [0.3, 0.4) is 0 Å². The average molecular weight is 350 g/mol. The summed E-state index contributed by atoms with van der Waals surface area (Å²) < 4.78 is 5.63. The number of benzene rings is 1. The average Bonchev–Trinajstić information content (AvgIpc) is 3.10. The van der Waals surface area contributed by atoms with Crippen LogP contribution < -0.4 is 5.32 Å². The van der Waals surface area contributed by atoms with Crippen molar-refractivity contribution < 1.29 is 9.21 Å². The topological polar surface area (TPSA) is 42.2 Å². The van der Waals surface area contributed by atoms with Gasteiger partial charge in [-0.2, -0.15) is 0 Å². The van der Waals surface area contributed by atoms with Gasteiger partial charge in [-0.05, 0) is 49.8 Å². The molecule has 2 unspecified atom stereocenters. The summed E-state index contributed by atoms with van der Waals surface area (Å²) in [6, 6.07) is 7.77. The summed E-state index contributed by atoms with van der Waals surface area (Å²) in [4.78, 5) is 12.2. The number of fused-ring (bicyclic) bond motifs is 1. The molecule has 112 valence electrons. The summed E-state index contributed by atoms with van der Waals surface area (Å²) in [5.41, 5.74) is 1.94. The highest BCUT2D eigenvalue weighted by Crippen LogP contribution is 2.32. The van der Waals surface area contributed by atoms with Crippen LogP contribution in [0.15, 0.2) is 28.7 Å². The van der Waals surface area contributed by atoms with Crippen LogP contribution in [0.4, 0.5) is 0 Å². The van der Waals surface area contributed by atoms with Crippen molar-refractivity contribution in [1.82, 2.24) is 5.32 Å². The predicted molar refractivity (Wildman–Crippen MR) is 87.9 cm³/mol. The Morgan fingerprint density at radius 2 is 2.14 bits per heavy atom. The molecule has 2 aromatic rings. The van der Waals surface area contributed by atoms with Crippen molar-refractivity contribution in [2.24, 2.45) is 11.8 Å². The smallest absolute Gasteiger partial charge is 0.287 e. The van der Waals surface area contributed by atoms with Gasteiger partial charge in [0.25, 0.3) is 5.91 Å². The molecule has 3 nitrogen and oxygen atoms in total. The number of furan rings is 1. The molecule has 0 bridgehead atoms. The van der Waals surface area contributed by atoms with Crippen molar-refractivity contribution in [2.45, 2.75) is 26.2 Å². The monoisotopic (exact) mass is 349 g/mol. The number of hydrogen-bond donors (Lipinski definition) is 1. The first kappa shape index (κ1) is 14.6. The van der Waals surface area contributed by atoms with Crippen LogP contribution in [0.2, 0.25) is 0 Å². The molecule has 1 aromatic heterocycles. The number of rotatable bonds is 4. The Bertz CT molecular complexity index is 649. The largest absolute Gasteiger partial charge is 0.451 e. The third-order valence-corrected chi connectivity index (χ3v) is 5.27. The third kappa shape index (κ3) is 3.15. The predicted octanol–water partition coefficient (Wildman–Crippen LogP) is 4.28. The first-order valence-electron chi connectivity index (χ1n) is 7.51. The van der Waals surface area contributed by atoms with E-state index in [0.29, 0.717) is 17.6 Å². The molecule has 1 fully saturated rings. The molecule has 1 aromatic carbocycles. The van der Waals surface area contributed by atoms with Crippen molar-refractivity contribution in [1.29, 1.82) is 0 Å². The molecule has 0 aliphatic heterocycles. The molecule has 1 aliphatic rings. The van der Waals surface area contributed by atoms with E-state index in [1.54, 1.807) is 0 Å². The summed E-state index contributed by atoms with van der Waals surface area (Å²) in [5, 5.41) is 5.04. The van der Waals surface area contributed by atoms with Gasteiger partial charge in [-0.25, -0.2) is 0 Å². The van der Waals surface area contributed by atoms with Crippen molar-refractivity contribution in [3.63, 3.8) is 0 Å². The lowest BCUT2D eigenvalue weighted by atomic mass is 9.98. The molecule has 0 saturated heterocycles. The molecule has 21 heavy (non-hydrogen) atoms. The molecule has 2 atom stereocenters. The molecule has 0 spiro atoms. The summed E-state index contributed by atoms with van der Waals surface area (Å²) in [6.45, 7) is 2.78. The zero-order valence-corrected chi connectivity index (χ0v) is 13.8. The Kier molecular flexibility index (Phi) is 4.34. The zero-order chi connectivity index (χ0) is 14.8. The van der Waals surface area contributed by atoms with E-state index >= 15 is 0 Å². The Morgan fingerprint density at radius 1 is 1.33 bits per heavy atom. The number of alkyl halides is 1. The fourth-order valence-corrected chi connectivity index (χ4v) is 4.02. The number of halogens is 1. The molecule has 3 rings (SSSR count). The molecule has 1 saturated carbocycles. The van der Waals surface area contributed by atoms with Gasteiger partial charge in [0.15, 0.2) is 5.76 Å². The van der Waals surface area contributed by atoms with Crippen LogP contribution in [0, 0.1) is 18.8 Å². The molecular weight excluding hydrogens is 330 g/mol. The lowest BCUT2D eigenvalue weighted by Crippen LogP contribution is -2.30. The maximum absolute atomic E-state index is 12.2. The summed E-state index contributed by atoms with van der Waals surface area (Å²) >= 11 is 3.57. The molecule has 1 heterocycles. The molecule has 0 radical (unpaired) electrons. The minimum atomic E-state index is -0.107. The molecule has 1 amide bonds. The lowest BCUT2D eigenvalue weighted by Gasteiger charge is -2.17. The van der Waals surface area contributed by atoms with Crippen molar-refractivity contribution in [3.8, 4) is 0 Å². The highest BCUT2D eigenvalue weighted by atomic mass is 79.9. The Labute approximate surface area is 133 Å². The van der Waals surface area contributed by atoms with Gasteiger partial charge < -0.3 is 9.73 Å². The fourth-order valence-electron chi connectivity index (χ4n) is 3.17. The Balaban J connectivity index is 1.66. The Morgan fingerprint density at radius 3 is 2.95 bits per heavy atom. The van der Waals surface area contributed by atoms with Crippen LogP contribution in [-0.4, -0.2) is 17.8 Å². The fraction of sp³-hybridized carbons (Fsp3) is 0.471. The van der Waals surface area contributed by atoms with E-state index in [1.165, 1.54) is 24.8 Å². The van der Waals surface area contributed by atoms with Crippen LogP contribution in [-0.2, 0) is 0 Å². The van der Waals surface area contributed by atoms with Crippen LogP contribution in [0.1, 0.15) is 35.4 Å². The maximum Gasteiger partial charge on any atom is 0.287 e. The van der Waals surface area contributed by atoms with Gasteiger partial charge in [0.1, 0.15) is 5.58 Å². The number of carbonyl (C=O) groups is 1. The van der Waals surface area contributed by atoms with E-state index in [2.05, 4.69) is 21.2 Å². The van der Waals surface area contributed by atoms with Crippen LogP contribution in [0.5, 0.6) is 0 Å². The third-order valence-electron chi connectivity index (χ3n) is 4.44. The van der Waals surface area contributed by atoms with E-state index < -0.39 is 0 Å². The molecular formula is C17H20BrNO2. The van der Waals surface area contributed by atoms with Gasteiger partial charge in [0, 0.05) is 17.3 Å². The van der Waals surface area contributed by atoms with Crippen LogP contribution in [0.25, 0.3) is 11.0 Å². The van der Waals surface area contributed by atoms with E-state index in [0.717, 1.165) is 22.8 Å². The second-order valence-corrected chi connectivity index (χ2v) is 6.61. The first-order chi connectivity index (χ1) is 10.2. The first-order valence-corrected chi connectivity index (χ1v) is 8.64. The molecule has 4 heteroatoms. The van der Waals surface area contributed by atoms with E-state index in [1.807, 2.05) is 31.2 Å². The quantitative estimate of drug-likeness (QED) is 0.837. The minimum Gasteiger partial charge on any atom is -0.451 e.